The van der Waals surface area contributed by atoms with Gasteiger partial charge in [0.1, 0.15) is 11.7 Å². The molecule has 0 saturated carbocycles. The summed E-state index contributed by atoms with van der Waals surface area (Å²) in [7, 11) is 0. The number of piperidine rings is 1. The highest BCUT2D eigenvalue weighted by molar-refractivity contribution is 8.14. The van der Waals surface area contributed by atoms with Crippen LogP contribution in [0.15, 0.2) is 59.9 Å². The second-order valence-electron chi connectivity index (χ2n) is 8.39. The van der Waals surface area contributed by atoms with Gasteiger partial charge in [-0.3, -0.25) is 9.79 Å². The molecule has 6 nitrogen and oxygen atoms in total. The van der Waals surface area contributed by atoms with Crippen molar-refractivity contribution in [2.24, 2.45) is 4.99 Å². The first-order chi connectivity index (χ1) is 15.1. The van der Waals surface area contributed by atoms with Crippen molar-refractivity contribution < 1.29 is 4.79 Å². The molecule has 3 aromatic rings. The van der Waals surface area contributed by atoms with E-state index in [9.17, 15) is 4.79 Å². The minimum Gasteiger partial charge on any atom is -0.399 e. The lowest BCUT2D eigenvalue weighted by Crippen LogP contribution is -2.49. The van der Waals surface area contributed by atoms with Crippen LogP contribution in [0.4, 0.5) is 5.69 Å². The molecular weight excluding hydrogens is 406 g/mol. The van der Waals surface area contributed by atoms with E-state index >= 15 is 0 Å². The predicted octanol–water partition coefficient (Wildman–Crippen LogP) is 4.12. The molecule has 0 radical (unpaired) electrons. The summed E-state index contributed by atoms with van der Waals surface area (Å²) >= 11 is 1.70. The number of nitrogens with zero attached hydrogens (tertiary/aromatic N) is 4. The summed E-state index contributed by atoms with van der Waals surface area (Å²) in [5, 5.41) is 1.04. The molecule has 1 amide bonds. The number of pyridine rings is 1. The second kappa shape index (κ2) is 8.38. The Morgan fingerprint density at radius 1 is 1.23 bits per heavy atom. The molecule has 1 fully saturated rings. The molecule has 7 heteroatoms. The van der Waals surface area contributed by atoms with Gasteiger partial charge in [-0.05, 0) is 37.8 Å². The smallest absolute Gasteiger partial charge is 0.249 e. The van der Waals surface area contributed by atoms with Gasteiger partial charge in [-0.25, -0.2) is 4.98 Å². The molecule has 3 atom stereocenters. The number of anilines is 1. The van der Waals surface area contributed by atoms with Crippen LogP contribution in [-0.4, -0.2) is 43.9 Å². The molecule has 1 aromatic carbocycles. The van der Waals surface area contributed by atoms with Crippen LogP contribution in [0.25, 0.3) is 5.65 Å². The van der Waals surface area contributed by atoms with E-state index in [0.29, 0.717) is 5.69 Å². The number of benzene rings is 1. The van der Waals surface area contributed by atoms with Crippen molar-refractivity contribution in [3.63, 3.8) is 0 Å². The third-order valence-corrected chi connectivity index (χ3v) is 7.41. The summed E-state index contributed by atoms with van der Waals surface area (Å²) in [5.74, 6) is 0.149. The average molecular weight is 434 g/mol. The minimum atomic E-state index is -0.353. The summed E-state index contributed by atoms with van der Waals surface area (Å²) in [6.07, 6.45) is 7.92. The lowest BCUT2D eigenvalue weighted by atomic mass is 9.96. The van der Waals surface area contributed by atoms with Crippen molar-refractivity contribution >= 4 is 34.0 Å². The molecule has 31 heavy (non-hydrogen) atoms. The molecule has 160 valence electrons. The molecule has 2 unspecified atom stereocenters. The van der Waals surface area contributed by atoms with E-state index in [0.717, 1.165) is 54.2 Å². The molecule has 4 heterocycles. The summed E-state index contributed by atoms with van der Waals surface area (Å²) < 4.78 is 1.99. The van der Waals surface area contributed by atoms with E-state index in [1.807, 2.05) is 54.0 Å². The molecule has 2 aliphatic rings. The van der Waals surface area contributed by atoms with Crippen LogP contribution < -0.4 is 5.73 Å². The third-order valence-electron chi connectivity index (χ3n) is 6.18. The number of hydrogen-bond donors (Lipinski definition) is 1. The Hall–Kier alpha value is -2.80. The van der Waals surface area contributed by atoms with Crippen molar-refractivity contribution in [2.75, 3.05) is 12.3 Å². The van der Waals surface area contributed by atoms with Crippen molar-refractivity contribution in [2.45, 2.75) is 49.9 Å². The minimum absolute atomic E-state index is 0.0504. The maximum Gasteiger partial charge on any atom is 0.249 e. The normalized spacial score (nSPS) is 23.8. The predicted molar refractivity (Wildman–Crippen MR) is 126 cm³/mol. The van der Waals surface area contributed by atoms with Gasteiger partial charge in [-0.15, -0.1) is 11.8 Å². The fourth-order valence-electron chi connectivity index (χ4n) is 4.68. The number of rotatable bonds is 4. The Morgan fingerprint density at radius 2 is 2.06 bits per heavy atom. The van der Waals surface area contributed by atoms with Gasteiger partial charge in [-0.1, -0.05) is 30.3 Å². The number of imidazole rings is 1. The maximum atomic E-state index is 13.7. The fraction of sp³-hybridized carbons (Fsp3) is 0.375. The number of nitrogen functional groups attached to an aromatic ring is 1. The zero-order valence-corrected chi connectivity index (χ0v) is 18.5. The Balaban J connectivity index is 1.38. The highest BCUT2D eigenvalue weighted by atomic mass is 32.2. The number of aliphatic imine (C=N–C) groups is 1. The number of carbonyl (C=O) groups excluding carboxylic acids is 1. The van der Waals surface area contributed by atoms with Gasteiger partial charge in [0, 0.05) is 43.2 Å². The zero-order valence-electron chi connectivity index (χ0n) is 17.6. The van der Waals surface area contributed by atoms with E-state index in [-0.39, 0.29) is 23.2 Å². The number of thioether (sulfide) groups is 1. The molecule has 5 rings (SSSR count). The molecule has 1 saturated heterocycles. The van der Waals surface area contributed by atoms with Crippen LogP contribution in [0.5, 0.6) is 0 Å². The van der Waals surface area contributed by atoms with E-state index in [1.165, 1.54) is 0 Å². The number of aromatic nitrogens is 2. The van der Waals surface area contributed by atoms with Gasteiger partial charge in [0.25, 0.3) is 0 Å². The van der Waals surface area contributed by atoms with Crippen LogP contribution in [-0.2, 0) is 11.2 Å². The van der Waals surface area contributed by atoms with Crippen molar-refractivity contribution in [3.8, 4) is 0 Å². The number of nitrogens with two attached hydrogens (primary N) is 1. The molecule has 0 bridgehead atoms. The number of fused-ring (bicyclic) bond motifs is 1. The standard InChI is InChI=1S/C24H27N5OS/c1-16-26-22(23(31-16)17-7-3-2-4-8-17)24(30)29-11-6-5-9-20(29)14-19-15-28-12-10-18(25)13-21(28)27-19/h2-4,7-8,10,12-13,15,20,22-23H,5-6,9,11,14,25H2,1H3/t20-,22?,23?/m0/s1. The van der Waals surface area contributed by atoms with Crippen LogP contribution in [0.1, 0.15) is 42.7 Å². The first kappa shape index (κ1) is 20.1. The van der Waals surface area contributed by atoms with E-state index in [1.54, 1.807) is 11.8 Å². The highest BCUT2D eigenvalue weighted by Crippen LogP contribution is 2.41. The average Bonchev–Trinajstić information content (AvgIpc) is 3.36. The lowest BCUT2D eigenvalue weighted by Gasteiger charge is -2.37. The quantitative estimate of drug-likeness (QED) is 0.672. The molecule has 2 aromatic heterocycles. The van der Waals surface area contributed by atoms with E-state index in [2.05, 4.69) is 17.0 Å². The number of carbonyl (C=O) groups is 1. The molecular formula is C24H27N5OS. The van der Waals surface area contributed by atoms with E-state index < -0.39 is 0 Å². The number of likely N-dealkylation sites (tertiary alicyclic amines) is 1. The molecule has 0 spiro atoms. The van der Waals surface area contributed by atoms with Crippen molar-refractivity contribution in [1.29, 1.82) is 0 Å². The monoisotopic (exact) mass is 433 g/mol. The zero-order chi connectivity index (χ0) is 21.4. The first-order valence-corrected chi connectivity index (χ1v) is 11.8. The van der Waals surface area contributed by atoms with Crippen LogP contribution in [0.2, 0.25) is 0 Å². The summed E-state index contributed by atoms with van der Waals surface area (Å²) in [4.78, 5) is 25.3. The molecule has 2 N–H and O–H groups in total. The van der Waals surface area contributed by atoms with Gasteiger partial charge in [-0.2, -0.15) is 0 Å². The van der Waals surface area contributed by atoms with E-state index in [4.69, 9.17) is 15.7 Å². The summed E-state index contributed by atoms with van der Waals surface area (Å²) in [5.41, 5.74) is 9.62. The van der Waals surface area contributed by atoms with Crippen LogP contribution in [0.3, 0.4) is 0 Å². The van der Waals surface area contributed by atoms with Gasteiger partial charge in [0.2, 0.25) is 5.91 Å². The Labute approximate surface area is 186 Å². The Kier molecular flexibility index (Phi) is 5.44. The van der Waals surface area contributed by atoms with Crippen LogP contribution in [0, 0.1) is 0 Å². The Bertz CT molecular complexity index is 1130. The third kappa shape index (κ3) is 4.06. The Morgan fingerprint density at radius 3 is 2.90 bits per heavy atom. The summed E-state index contributed by atoms with van der Waals surface area (Å²) in [6.45, 7) is 2.80. The van der Waals surface area contributed by atoms with Gasteiger partial charge in [0.15, 0.2) is 0 Å². The largest absolute Gasteiger partial charge is 0.399 e. The van der Waals surface area contributed by atoms with Crippen molar-refractivity contribution in [1.82, 2.24) is 14.3 Å². The SMILES string of the molecule is CC1=NC(C(=O)N2CCCC[C@H]2Cc2cn3ccc(N)cc3n2)C(c2ccccc2)S1. The molecule has 0 aliphatic carbocycles. The number of hydrogen-bond acceptors (Lipinski definition) is 5. The fourth-order valence-corrected chi connectivity index (χ4v) is 5.82. The maximum absolute atomic E-state index is 13.7. The summed E-state index contributed by atoms with van der Waals surface area (Å²) in [6, 6.07) is 13.8. The molecule has 2 aliphatic heterocycles. The lowest BCUT2D eigenvalue weighted by molar-refractivity contribution is -0.136. The first-order valence-electron chi connectivity index (χ1n) is 10.9. The van der Waals surface area contributed by atoms with Gasteiger partial charge in [0.05, 0.1) is 16.0 Å². The number of amides is 1. The van der Waals surface area contributed by atoms with Crippen molar-refractivity contribution in [3.05, 3.63) is 66.1 Å². The van der Waals surface area contributed by atoms with Gasteiger partial charge < -0.3 is 15.0 Å². The second-order valence-corrected chi connectivity index (χ2v) is 9.72. The highest BCUT2D eigenvalue weighted by Gasteiger charge is 2.40. The van der Waals surface area contributed by atoms with Gasteiger partial charge >= 0.3 is 0 Å². The topological polar surface area (TPSA) is 76.0 Å². The van der Waals surface area contributed by atoms with Crippen LogP contribution >= 0.6 is 11.8 Å².